The molecular formula is C15H19Cl2N3O. The first-order valence-corrected chi connectivity index (χ1v) is 8.06. The molecule has 2 unspecified atom stereocenters. The fraction of sp³-hybridized carbons (Fsp3) is 0.533. The van der Waals surface area contributed by atoms with Gasteiger partial charge in [-0.15, -0.1) is 0 Å². The number of benzene rings is 1. The predicted molar refractivity (Wildman–Crippen MR) is 86.0 cm³/mol. The Morgan fingerprint density at radius 3 is 2.48 bits per heavy atom. The van der Waals surface area contributed by atoms with Gasteiger partial charge in [0.05, 0.1) is 15.7 Å². The molecule has 2 fully saturated rings. The summed E-state index contributed by atoms with van der Waals surface area (Å²) in [6.07, 6.45) is 0.467. The quantitative estimate of drug-likeness (QED) is 0.892. The fourth-order valence-electron chi connectivity index (χ4n) is 3.21. The van der Waals surface area contributed by atoms with Crippen molar-refractivity contribution in [2.24, 2.45) is 11.8 Å². The standard InChI is InChI=1S/C15H19Cl2N3O/c16-12-2-1-3-13(17)15(12)19-14(21)4-5-20-8-10-6-18-7-11(10)9-20/h1-3,10-11,18H,4-9H2,(H,19,21). The number of carbonyl (C=O) groups is 1. The zero-order valence-electron chi connectivity index (χ0n) is 11.7. The van der Waals surface area contributed by atoms with Crippen LogP contribution in [0, 0.1) is 11.8 Å². The van der Waals surface area contributed by atoms with Gasteiger partial charge in [-0.3, -0.25) is 4.79 Å². The first kappa shape index (κ1) is 15.1. The third-order valence-corrected chi connectivity index (χ3v) is 4.98. The molecule has 2 atom stereocenters. The molecule has 3 rings (SSSR count). The summed E-state index contributed by atoms with van der Waals surface area (Å²) in [7, 11) is 0. The molecule has 2 aliphatic rings. The molecule has 2 aliphatic heterocycles. The lowest BCUT2D eigenvalue weighted by Gasteiger charge is -2.16. The van der Waals surface area contributed by atoms with Gasteiger partial charge >= 0.3 is 0 Å². The van der Waals surface area contributed by atoms with Gasteiger partial charge in [-0.1, -0.05) is 29.3 Å². The monoisotopic (exact) mass is 327 g/mol. The molecule has 1 aromatic carbocycles. The second-order valence-electron chi connectivity index (χ2n) is 5.83. The van der Waals surface area contributed by atoms with Crippen LogP contribution in [0.4, 0.5) is 5.69 Å². The molecule has 114 valence electrons. The van der Waals surface area contributed by atoms with E-state index in [0.717, 1.165) is 44.6 Å². The highest BCUT2D eigenvalue weighted by atomic mass is 35.5. The van der Waals surface area contributed by atoms with Crippen LogP contribution in [-0.2, 0) is 4.79 Å². The number of fused-ring (bicyclic) bond motifs is 1. The van der Waals surface area contributed by atoms with Crippen molar-refractivity contribution in [3.05, 3.63) is 28.2 Å². The van der Waals surface area contributed by atoms with Crippen LogP contribution < -0.4 is 10.6 Å². The van der Waals surface area contributed by atoms with E-state index < -0.39 is 0 Å². The Kier molecular flexibility index (Phi) is 4.69. The van der Waals surface area contributed by atoms with Crippen LogP contribution >= 0.6 is 23.2 Å². The molecule has 0 spiro atoms. The average Bonchev–Trinajstić information content (AvgIpc) is 3.01. The van der Waals surface area contributed by atoms with Gasteiger partial charge < -0.3 is 15.5 Å². The van der Waals surface area contributed by atoms with E-state index in [0.29, 0.717) is 22.2 Å². The van der Waals surface area contributed by atoms with Crippen LogP contribution in [0.15, 0.2) is 18.2 Å². The van der Waals surface area contributed by atoms with Crippen molar-refractivity contribution in [1.82, 2.24) is 10.2 Å². The van der Waals surface area contributed by atoms with Gasteiger partial charge in [0, 0.05) is 26.1 Å². The van der Waals surface area contributed by atoms with E-state index in [-0.39, 0.29) is 5.91 Å². The van der Waals surface area contributed by atoms with Crippen LogP contribution in [0.5, 0.6) is 0 Å². The SMILES string of the molecule is O=C(CCN1CC2CNCC2C1)Nc1c(Cl)cccc1Cl. The van der Waals surface area contributed by atoms with E-state index in [4.69, 9.17) is 23.2 Å². The Hall–Kier alpha value is -0.810. The first-order chi connectivity index (χ1) is 10.1. The minimum Gasteiger partial charge on any atom is -0.324 e. The number of amides is 1. The maximum atomic E-state index is 12.1. The van der Waals surface area contributed by atoms with Gasteiger partial charge in [-0.2, -0.15) is 0 Å². The third-order valence-electron chi connectivity index (χ3n) is 4.35. The van der Waals surface area contributed by atoms with Crippen molar-refractivity contribution < 1.29 is 4.79 Å². The van der Waals surface area contributed by atoms with Crippen molar-refractivity contribution in [2.45, 2.75) is 6.42 Å². The summed E-state index contributed by atoms with van der Waals surface area (Å²) in [5.74, 6) is 1.47. The molecule has 21 heavy (non-hydrogen) atoms. The normalized spacial score (nSPS) is 25.0. The number of para-hydroxylation sites is 1. The van der Waals surface area contributed by atoms with Gasteiger partial charge in [0.1, 0.15) is 0 Å². The van der Waals surface area contributed by atoms with Crippen molar-refractivity contribution in [2.75, 3.05) is 38.0 Å². The smallest absolute Gasteiger partial charge is 0.225 e. The predicted octanol–water partition coefficient (Wildman–Crippen LogP) is 2.47. The minimum absolute atomic E-state index is 0.0415. The second kappa shape index (κ2) is 6.53. The molecule has 2 saturated heterocycles. The molecule has 0 aliphatic carbocycles. The van der Waals surface area contributed by atoms with E-state index in [2.05, 4.69) is 15.5 Å². The minimum atomic E-state index is -0.0415. The summed E-state index contributed by atoms with van der Waals surface area (Å²) in [5, 5.41) is 7.17. The Bertz CT molecular complexity index is 505. The Morgan fingerprint density at radius 1 is 1.24 bits per heavy atom. The van der Waals surface area contributed by atoms with Gasteiger partial charge in [0.2, 0.25) is 5.91 Å². The highest BCUT2D eigenvalue weighted by molar-refractivity contribution is 6.39. The Balaban J connectivity index is 1.49. The Morgan fingerprint density at radius 2 is 1.86 bits per heavy atom. The van der Waals surface area contributed by atoms with Gasteiger partial charge in [-0.25, -0.2) is 0 Å². The third kappa shape index (κ3) is 3.51. The Labute approximate surface area is 134 Å². The summed E-state index contributed by atoms with van der Waals surface area (Å²) < 4.78 is 0. The number of rotatable bonds is 4. The molecular weight excluding hydrogens is 309 g/mol. The van der Waals surface area contributed by atoms with Crippen LogP contribution in [0.25, 0.3) is 0 Å². The maximum Gasteiger partial charge on any atom is 0.225 e. The molecule has 0 bridgehead atoms. The van der Waals surface area contributed by atoms with Crippen molar-refractivity contribution in [3.8, 4) is 0 Å². The molecule has 0 aromatic heterocycles. The first-order valence-electron chi connectivity index (χ1n) is 7.30. The zero-order chi connectivity index (χ0) is 14.8. The number of nitrogens with zero attached hydrogens (tertiary/aromatic N) is 1. The number of nitrogens with one attached hydrogen (secondary N) is 2. The van der Waals surface area contributed by atoms with E-state index in [1.807, 2.05) is 0 Å². The number of carbonyl (C=O) groups excluding carboxylic acids is 1. The van der Waals surface area contributed by atoms with Crippen LogP contribution in [-0.4, -0.2) is 43.5 Å². The molecule has 4 nitrogen and oxygen atoms in total. The van der Waals surface area contributed by atoms with Crippen molar-refractivity contribution in [1.29, 1.82) is 0 Å². The number of likely N-dealkylation sites (tertiary alicyclic amines) is 1. The molecule has 1 amide bonds. The lowest BCUT2D eigenvalue weighted by atomic mass is 10.0. The van der Waals surface area contributed by atoms with E-state index in [9.17, 15) is 4.79 Å². The van der Waals surface area contributed by atoms with E-state index in [1.54, 1.807) is 18.2 Å². The highest BCUT2D eigenvalue weighted by Crippen LogP contribution is 2.30. The maximum absolute atomic E-state index is 12.1. The molecule has 6 heteroatoms. The van der Waals surface area contributed by atoms with Crippen LogP contribution in [0.3, 0.4) is 0 Å². The highest BCUT2D eigenvalue weighted by Gasteiger charge is 2.35. The molecule has 0 saturated carbocycles. The topological polar surface area (TPSA) is 44.4 Å². The molecule has 0 radical (unpaired) electrons. The summed E-state index contributed by atoms with van der Waals surface area (Å²) in [5.41, 5.74) is 0.508. The van der Waals surface area contributed by atoms with Gasteiger partial charge in [-0.05, 0) is 37.1 Å². The fourth-order valence-corrected chi connectivity index (χ4v) is 3.71. The molecule has 2 N–H and O–H groups in total. The zero-order valence-corrected chi connectivity index (χ0v) is 13.3. The summed E-state index contributed by atoms with van der Waals surface area (Å²) in [6.45, 7) is 5.21. The number of anilines is 1. The summed E-state index contributed by atoms with van der Waals surface area (Å²) >= 11 is 12.1. The van der Waals surface area contributed by atoms with Crippen molar-refractivity contribution in [3.63, 3.8) is 0 Å². The summed E-state index contributed by atoms with van der Waals surface area (Å²) in [4.78, 5) is 14.4. The number of hydrogen-bond donors (Lipinski definition) is 2. The largest absolute Gasteiger partial charge is 0.324 e. The number of hydrogen-bond acceptors (Lipinski definition) is 3. The van der Waals surface area contributed by atoms with Crippen molar-refractivity contribution >= 4 is 34.8 Å². The lowest BCUT2D eigenvalue weighted by molar-refractivity contribution is -0.116. The van der Waals surface area contributed by atoms with Crippen LogP contribution in [0.1, 0.15) is 6.42 Å². The molecule has 1 aromatic rings. The van der Waals surface area contributed by atoms with Gasteiger partial charge in [0.15, 0.2) is 0 Å². The summed E-state index contributed by atoms with van der Waals surface area (Å²) in [6, 6.07) is 5.20. The number of halogens is 2. The second-order valence-corrected chi connectivity index (χ2v) is 6.65. The lowest BCUT2D eigenvalue weighted by Crippen LogP contribution is -2.29. The average molecular weight is 328 g/mol. The van der Waals surface area contributed by atoms with E-state index in [1.165, 1.54) is 0 Å². The van der Waals surface area contributed by atoms with E-state index >= 15 is 0 Å². The molecule has 2 heterocycles. The van der Waals surface area contributed by atoms with Gasteiger partial charge in [0.25, 0.3) is 0 Å². The van der Waals surface area contributed by atoms with Crippen LogP contribution in [0.2, 0.25) is 10.0 Å².